The van der Waals surface area contributed by atoms with E-state index in [-0.39, 0.29) is 11.6 Å². The molecule has 100 valence electrons. The van der Waals surface area contributed by atoms with Crippen molar-refractivity contribution in [3.8, 4) is 5.88 Å². The SMILES string of the molecule is CCCCC(CC)COc1cncc(C(=O)O)n1. The summed E-state index contributed by atoms with van der Waals surface area (Å²) in [5, 5.41) is 8.79. The van der Waals surface area contributed by atoms with Crippen LogP contribution < -0.4 is 4.74 Å². The first-order valence-electron chi connectivity index (χ1n) is 6.35. The number of ether oxygens (including phenoxy) is 1. The van der Waals surface area contributed by atoms with Crippen molar-refractivity contribution >= 4 is 5.97 Å². The molecule has 1 unspecified atom stereocenters. The first kappa shape index (κ1) is 14.4. The molecule has 0 aromatic carbocycles. The van der Waals surface area contributed by atoms with E-state index in [4.69, 9.17) is 9.84 Å². The summed E-state index contributed by atoms with van der Waals surface area (Å²) in [6, 6.07) is 0. The van der Waals surface area contributed by atoms with Crippen molar-refractivity contribution in [2.75, 3.05) is 6.61 Å². The van der Waals surface area contributed by atoms with Crippen LogP contribution in [0.15, 0.2) is 12.4 Å². The maximum Gasteiger partial charge on any atom is 0.356 e. The Balaban J connectivity index is 2.51. The molecule has 5 nitrogen and oxygen atoms in total. The van der Waals surface area contributed by atoms with Gasteiger partial charge in [0.15, 0.2) is 5.69 Å². The van der Waals surface area contributed by atoms with Crippen molar-refractivity contribution in [3.63, 3.8) is 0 Å². The van der Waals surface area contributed by atoms with Gasteiger partial charge in [0.05, 0.1) is 19.0 Å². The zero-order chi connectivity index (χ0) is 13.4. The van der Waals surface area contributed by atoms with Crippen LogP contribution in [-0.2, 0) is 0 Å². The fourth-order valence-electron chi connectivity index (χ4n) is 1.62. The van der Waals surface area contributed by atoms with Crippen LogP contribution >= 0.6 is 0 Å². The fourth-order valence-corrected chi connectivity index (χ4v) is 1.62. The molecule has 1 N–H and O–H groups in total. The van der Waals surface area contributed by atoms with E-state index < -0.39 is 5.97 Å². The lowest BCUT2D eigenvalue weighted by Crippen LogP contribution is -2.13. The molecule has 0 amide bonds. The van der Waals surface area contributed by atoms with Crippen molar-refractivity contribution in [3.05, 3.63) is 18.1 Å². The molecule has 1 atom stereocenters. The smallest absolute Gasteiger partial charge is 0.356 e. The Morgan fingerprint density at radius 2 is 2.22 bits per heavy atom. The zero-order valence-corrected chi connectivity index (χ0v) is 10.9. The van der Waals surface area contributed by atoms with Gasteiger partial charge in [0, 0.05) is 0 Å². The molecule has 1 rings (SSSR count). The van der Waals surface area contributed by atoms with Crippen molar-refractivity contribution in [2.24, 2.45) is 5.92 Å². The molecule has 0 saturated heterocycles. The van der Waals surface area contributed by atoms with Gasteiger partial charge in [-0.05, 0) is 12.3 Å². The Bertz CT molecular complexity index is 382. The average Bonchev–Trinajstić information content (AvgIpc) is 2.39. The molecule has 0 aliphatic carbocycles. The van der Waals surface area contributed by atoms with E-state index >= 15 is 0 Å². The minimum atomic E-state index is -1.09. The largest absolute Gasteiger partial charge is 0.476 e. The van der Waals surface area contributed by atoms with Gasteiger partial charge in [-0.2, -0.15) is 0 Å². The number of nitrogens with zero attached hydrogens (tertiary/aromatic N) is 2. The minimum absolute atomic E-state index is 0.0888. The summed E-state index contributed by atoms with van der Waals surface area (Å²) in [6.45, 7) is 4.85. The monoisotopic (exact) mass is 252 g/mol. The number of aromatic carboxylic acids is 1. The lowest BCUT2D eigenvalue weighted by Gasteiger charge is -2.14. The predicted octanol–water partition coefficient (Wildman–Crippen LogP) is 2.77. The normalized spacial score (nSPS) is 12.1. The molecule has 1 aromatic rings. The summed E-state index contributed by atoms with van der Waals surface area (Å²) < 4.78 is 5.51. The number of carbonyl (C=O) groups is 1. The Hall–Kier alpha value is -1.65. The number of hydrogen-bond acceptors (Lipinski definition) is 4. The highest BCUT2D eigenvalue weighted by atomic mass is 16.5. The van der Waals surface area contributed by atoms with E-state index in [2.05, 4.69) is 23.8 Å². The highest BCUT2D eigenvalue weighted by Crippen LogP contribution is 2.14. The van der Waals surface area contributed by atoms with Crippen molar-refractivity contribution < 1.29 is 14.6 Å². The van der Waals surface area contributed by atoms with E-state index in [1.165, 1.54) is 25.2 Å². The summed E-state index contributed by atoms with van der Waals surface area (Å²) in [6.07, 6.45) is 7.18. The van der Waals surface area contributed by atoms with E-state index in [1.54, 1.807) is 0 Å². The van der Waals surface area contributed by atoms with E-state index in [1.807, 2.05) is 0 Å². The fraction of sp³-hybridized carbons (Fsp3) is 0.615. The number of unbranched alkanes of at least 4 members (excludes halogenated alkanes) is 1. The topological polar surface area (TPSA) is 72.3 Å². The van der Waals surface area contributed by atoms with Crippen molar-refractivity contribution in [1.29, 1.82) is 0 Å². The Labute approximate surface area is 107 Å². The molecule has 18 heavy (non-hydrogen) atoms. The van der Waals surface area contributed by atoms with Gasteiger partial charge in [-0.1, -0.05) is 33.1 Å². The average molecular weight is 252 g/mol. The predicted molar refractivity (Wildman–Crippen MR) is 67.8 cm³/mol. The van der Waals surface area contributed by atoms with Crippen LogP contribution in [0.2, 0.25) is 0 Å². The molecule has 0 fully saturated rings. The van der Waals surface area contributed by atoms with Crippen molar-refractivity contribution in [1.82, 2.24) is 9.97 Å². The number of carboxylic acid groups (broad SMARTS) is 1. The Morgan fingerprint density at radius 3 is 2.83 bits per heavy atom. The molecular formula is C13H20N2O3. The highest BCUT2D eigenvalue weighted by molar-refractivity contribution is 5.84. The molecule has 0 radical (unpaired) electrons. The summed E-state index contributed by atoms with van der Waals surface area (Å²) in [5.74, 6) is -0.323. The van der Waals surface area contributed by atoms with E-state index in [0.29, 0.717) is 12.5 Å². The Morgan fingerprint density at radius 1 is 1.44 bits per heavy atom. The van der Waals surface area contributed by atoms with E-state index in [9.17, 15) is 4.79 Å². The van der Waals surface area contributed by atoms with Gasteiger partial charge < -0.3 is 9.84 Å². The maximum atomic E-state index is 10.7. The summed E-state index contributed by atoms with van der Waals surface area (Å²) in [7, 11) is 0. The second-order valence-electron chi connectivity index (χ2n) is 4.28. The first-order valence-corrected chi connectivity index (χ1v) is 6.35. The van der Waals surface area contributed by atoms with Gasteiger partial charge in [0.1, 0.15) is 0 Å². The van der Waals surface area contributed by atoms with Crippen LogP contribution in [0, 0.1) is 5.92 Å². The maximum absolute atomic E-state index is 10.7. The summed E-state index contributed by atoms with van der Waals surface area (Å²) >= 11 is 0. The van der Waals surface area contributed by atoms with Crippen LogP contribution in [0.3, 0.4) is 0 Å². The van der Waals surface area contributed by atoms with Crippen LogP contribution in [0.4, 0.5) is 0 Å². The molecule has 5 heteroatoms. The number of rotatable bonds is 8. The van der Waals surface area contributed by atoms with Gasteiger partial charge in [0.2, 0.25) is 5.88 Å². The Kier molecular flexibility index (Phi) is 6.11. The summed E-state index contributed by atoms with van der Waals surface area (Å²) in [4.78, 5) is 18.4. The third kappa shape index (κ3) is 4.69. The molecule has 1 aromatic heterocycles. The molecule has 0 aliphatic rings. The molecular weight excluding hydrogens is 232 g/mol. The number of hydrogen-bond donors (Lipinski definition) is 1. The molecule has 0 spiro atoms. The van der Waals surface area contributed by atoms with Crippen LogP contribution in [0.1, 0.15) is 50.0 Å². The molecule has 0 aliphatic heterocycles. The van der Waals surface area contributed by atoms with Gasteiger partial charge in [-0.3, -0.25) is 4.98 Å². The zero-order valence-electron chi connectivity index (χ0n) is 10.9. The molecule has 1 heterocycles. The quantitative estimate of drug-likeness (QED) is 0.770. The van der Waals surface area contributed by atoms with Gasteiger partial charge >= 0.3 is 5.97 Å². The molecule has 0 saturated carbocycles. The van der Waals surface area contributed by atoms with Crippen LogP contribution in [-0.4, -0.2) is 27.7 Å². The lowest BCUT2D eigenvalue weighted by atomic mass is 10.0. The first-order chi connectivity index (χ1) is 8.67. The number of aromatic nitrogens is 2. The van der Waals surface area contributed by atoms with Crippen LogP contribution in [0.25, 0.3) is 0 Å². The minimum Gasteiger partial charge on any atom is -0.476 e. The highest BCUT2D eigenvalue weighted by Gasteiger charge is 2.10. The number of carboxylic acids is 1. The summed E-state index contributed by atoms with van der Waals surface area (Å²) in [5.41, 5.74) is -0.0888. The molecule has 0 bridgehead atoms. The van der Waals surface area contributed by atoms with Crippen LogP contribution in [0.5, 0.6) is 5.88 Å². The van der Waals surface area contributed by atoms with Gasteiger partial charge in [-0.25, -0.2) is 9.78 Å². The van der Waals surface area contributed by atoms with Gasteiger partial charge in [-0.15, -0.1) is 0 Å². The standard InChI is InChI=1S/C13H20N2O3/c1-3-5-6-10(4-2)9-18-12-8-14-7-11(15-12)13(16)17/h7-8,10H,3-6,9H2,1-2H3,(H,16,17). The lowest BCUT2D eigenvalue weighted by molar-refractivity contribution is 0.0688. The van der Waals surface area contributed by atoms with Gasteiger partial charge in [0.25, 0.3) is 0 Å². The third-order valence-corrected chi connectivity index (χ3v) is 2.84. The van der Waals surface area contributed by atoms with E-state index in [0.717, 1.165) is 12.8 Å². The third-order valence-electron chi connectivity index (χ3n) is 2.84. The second kappa shape index (κ2) is 7.63. The van der Waals surface area contributed by atoms with Crippen molar-refractivity contribution in [2.45, 2.75) is 39.5 Å². The second-order valence-corrected chi connectivity index (χ2v) is 4.28.